The SMILES string of the molecule is CS(=O)(=O)N1CCN(Cc2nnc(-c3cccnc3)o2)CC1. The highest BCUT2D eigenvalue weighted by molar-refractivity contribution is 7.88. The van der Waals surface area contributed by atoms with E-state index in [1.54, 1.807) is 12.4 Å². The van der Waals surface area contributed by atoms with E-state index in [9.17, 15) is 8.42 Å². The third kappa shape index (κ3) is 3.49. The predicted octanol–water partition coefficient (Wildman–Crippen LogP) is 0.209. The third-order valence-corrected chi connectivity index (χ3v) is 4.84. The summed E-state index contributed by atoms with van der Waals surface area (Å²) in [5, 5.41) is 8.05. The van der Waals surface area contributed by atoms with E-state index in [4.69, 9.17) is 4.42 Å². The molecule has 118 valence electrons. The highest BCUT2D eigenvalue weighted by Gasteiger charge is 2.24. The summed E-state index contributed by atoms with van der Waals surface area (Å²) in [6, 6.07) is 3.67. The second-order valence-corrected chi connectivity index (χ2v) is 7.16. The molecule has 0 bridgehead atoms. The van der Waals surface area contributed by atoms with Crippen molar-refractivity contribution in [3.63, 3.8) is 0 Å². The van der Waals surface area contributed by atoms with E-state index in [-0.39, 0.29) is 0 Å². The Bertz CT molecular complexity index is 723. The van der Waals surface area contributed by atoms with E-state index in [0.29, 0.717) is 44.5 Å². The standard InChI is InChI=1S/C13H17N5O3S/c1-22(19,20)18-7-5-17(6-8-18)10-12-15-16-13(21-12)11-3-2-4-14-9-11/h2-4,9H,5-8,10H2,1H3. The summed E-state index contributed by atoms with van der Waals surface area (Å²) in [4.78, 5) is 6.12. The molecule has 8 nitrogen and oxygen atoms in total. The molecule has 0 aromatic carbocycles. The molecule has 2 aromatic rings. The third-order valence-electron chi connectivity index (χ3n) is 3.53. The van der Waals surface area contributed by atoms with Gasteiger partial charge in [0.15, 0.2) is 0 Å². The minimum absolute atomic E-state index is 0.442. The van der Waals surface area contributed by atoms with Crippen molar-refractivity contribution >= 4 is 10.0 Å². The highest BCUT2D eigenvalue weighted by atomic mass is 32.2. The van der Waals surface area contributed by atoms with Gasteiger partial charge in [-0.1, -0.05) is 0 Å². The lowest BCUT2D eigenvalue weighted by atomic mass is 10.3. The van der Waals surface area contributed by atoms with Crippen LogP contribution in [0, 0.1) is 0 Å². The van der Waals surface area contributed by atoms with Crippen molar-refractivity contribution in [1.82, 2.24) is 24.4 Å². The fourth-order valence-corrected chi connectivity index (χ4v) is 3.16. The Balaban J connectivity index is 1.60. The maximum atomic E-state index is 11.5. The van der Waals surface area contributed by atoms with Crippen LogP contribution in [0.2, 0.25) is 0 Å². The molecular weight excluding hydrogens is 306 g/mol. The summed E-state index contributed by atoms with van der Waals surface area (Å²) >= 11 is 0. The lowest BCUT2D eigenvalue weighted by molar-refractivity contribution is 0.169. The molecule has 22 heavy (non-hydrogen) atoms. The molecule has 0 aliphatic carbocycles. The second kappa shape index (κ2) is 6.11. The van der Waals surface area contributed by atoms with Crippen molar-refractivity contribution < 1.29 is 12.8 Å². The Hall–Kier alpha value is -1.84. The summed E-state index contributed by atoms with van der Waals surface area (Å²) in [7, 11) is -3.11. The Morgan fingerprint density at radius 2 is 2.00 bits per heavy atom. The van der Waals surface area contributed by atoms with Crippen molar-refractivity contribution in [3.8, 4) is 11.5 Å². The van der Waals surface area contributed by atoms with Gasteiger partial charge in [0, 0.05) is 38.6 Å². The van der Waals surface area contributed by atoms with Gasteiger partial charge >= 0.3 is 0 Å². The summed E-state index contributed by atoms with van der Waals surface area (Å²) in [6.45, 7) is 2.80. The number of piperazine rings is 1. The van der Waals surface area contributed by atoms with Gasteiger partial charge in [-0.05, 0) is 12.1 Å². The maximum Gasteiger partial charge on any atom is 0.249 e. The van der Waals surface area contributed by atoms with Gasteiger partial charge in [-0.15, -0.1) is 10.2 Å². The van der Waals surface area contributed by atoms with Crippen molar-refractivity contribution in [1.29, 1.82) is 0 Å². The van der Waals surface area contributed by atoms with Crippen LogP contribution in [-0.4, -0.2) is 65.2 Å². The molecule has 0 unspecified atom stereocenters. The Morgan fingerprint density at radius 1 is 1.23 bits per heavy atom. The van der Waals surface area contributed by atoms with Gasteiger partial charge in [-0.25, -0.2) is 8.42 Å². The predicted molar refractivity (Wildman–Crippen MR) is 79.2 cm³/mol. The Morgan fingerprint density at radius 3 is 2.64 bits per heavy atom. The summed E-state index contributed by atoms with van der Waals surface area (Å²) in [5.74, 6) is 0.963. The van der Waals surface area contributed by atoms with Crippen LogP contribution in [0.4, 0.5) is 0 Å². The number of aromatic nitrogens is 3. The molecule has 3 rings (SSSR count). The summed E-state index contributed by atoms with van der Waals surface area (Å²) in [6.07, 6.45) is 4.59. The van der Waals surface area contributed by atoms with Gasteiger partial charge in [0.25, 0.3) is 0 Å². The van der Waals surface area contributed by atoms with E-state index >= 15 is 0 Å². The normalized spacial score (nSPS) is 17.7. The lowest BCUT2D eigenvalue weighted by Crippen LogP contribution is -2.47. The molecule has 1 fully saturated rings. The highest BCUT2D eigenvalue weighted by Crippen LogP contribution is 2.17. The zero-order valence-electron chi connectivity index (χ0n) is 12.2. The van der Waals surface area contributed by atoms with Crippen molar-refractivity contribution in [2.24, 2.45) is 0 Å². The number of hydrogen-bond donors (Lipinski definition) is 0. The molecule has 0 amide bonds. The molecule has 3 heterocycles. The molecule has 2 aromatic heterocycles. The molecule has 1 saturated heterocycles. The van der Waals surface area contributed by atoms with E-state index < -0.39 is 10.0 Å². The molecule has 0 radical (unpaired) electrons. The molecule has 0 saturated carbocycles. The first-order valence-electron chi connectivity index (χ1n) is 6.92. The van der Waals surface area contributed by atoms with Gasteiger partial charge in [-0.2, -0.15) is 4.31 Å². The van der Waals surface area contributed by atoms with Gasteiger partial charge in [0.05, 0.1) is 18.4 Å². The van der Waals surface area contributed by atoms with Crippen LogP contribution in [0.25, 0.3) is 11.5 Å². The lowest BCUT2D eigenvalue weighted by Gasteiger charge is -2.32. The summed E-state index contributed by atoms with van der Waals surface area (Å²) in [5.41, 5.74) is 0.781. The van der Waals surface area contributed by atoms with Crippen LogP contribution in [0.15, 0.2) is 28.9 Å². The van der Waals surface area contributed by atoms with Crippen LogP contribution in [0.3, 0.4) is 0 Å². The van der Waals surface area contributed by atoms with Crippen molar-refractivity contribution in [3.05, 3.63) is 30.4 Å². The Labute approximate surface area is 128 Å². The van der Waals surface area contributed by atoms with Crippen LogP contribution >= 0.6 is 0 Å². The van der Waals surface area contributed by atoms with E-state index in [1.165, 1.54) is 10.6 Å². The van der Waals surface area contributed by atoms with Crippen molar-refractivity contribution in [2.75, 3.05) is 32.4 Å². The molecule has 9 heteroatoms. The molecule has 1 aliphatic heterocycles. The molecule has 0 spiro atoms. The van der Waals surface area contributed by atoms with Gasteiger partial charge in [0.2, 0.25) is 21.8 Å². The number of rotatable bonds is 4. The zero-order chi connectivity index (χ0) is 15.6. The smallest absolute Gasteiger partial charge is 0.249 e. The monoisotopic (exact) mass is 323 g/mol. The molecule has 1 aliphatic rings. The first kappa shape index (κ1) is 15.1. The second-order valence-electron chi connectivity index (χ2n) is 5.18. The Kier molecular flexibility index (Phi) is 4.19. The fraction of sp³-hybridized carbons (Fsp3) is 0.462. The fourth-order valence-electron chi connectivity index (χ4n) is 2.33. The van der Waals surface area contributed by atoms with E-state index in [0.717, 1.165) is 5.56 Å². The quantitative estimate of drug-likeness (QED) is 0.794. The molecule has 0 N–H and O–H groups in total. The largest absolute Gasteiger partial charge is 0.419 e. The first-order chi connectivity index (χ1) is 10.5. The summed E-state index contributed by atoms with van der Waals surface area (Å²) < 4.78 is 30.1. The first-order valence-corrected chi connectivity index (χ1v) is 8.77. The minimum Gasteiger partial charge on any atom is -0.419 e. The number of hydrogen-bond acceptors (Lipinski definition) is 7. The molecule has 0 atom stereocenters. The van der Waals surface area contributed by atoms with Crippen LogP contribution in [-0.2, 0) is 16.6 Å². The van der Waals surface area contributed by atoms with E-state index in [2.05, 4.69) is 20.1 Å². The maximum absolute atomic E-state index is 11.5. The molecular formula is C13H17N5O3S. The van der Waals surface area contributed by atoms with Crippen LogP contribution in [0.1, 0.15) is 5.89 Å². The average molecular weight is 323 g/mol. The number of sulfonamides is 1. The topological polar surface area (TPSA) is 92.4 Å². The zero-order valence-corrected chi connectivity index (χ0v) is 13.0. The minimum atomic E-state index is -3.11. The van der Waals surface area contributed by atoms with Crippen molar-refractivity contribution in [2.45, 2.75) is 6.54 Å². The van der Waals surface area contributed by atoms with Crippen LogP contribution in [0.5, 0.6) is 0 Å². The van der Waals surface area contributed by atoms with Gasteiger partial charge < -0.3 is 4.42 Å². The number of nitrogens with zero attached hydrogens (tertiary/aromatic N) is 5. The van der Waals surface area contributed by atoms with E-state index in [1.807, 2.05) is 12.1 Å². The average Bonchev–Trinajstić information content (AvgIpc) is 2.96. The van der Waals surface area contributed by atoms with Gasteiger partial charge in [-0.3, -0.25) is 9.88 Å². The number of pyridine rings is 1. The van der Waals surface area contributed by atoms with Crippen LogP contribution < -0.4 is 0 Å². The van der Waals surface area contributed by atoms with Gasteiger partial charge in [0.1, 0.15) is 0 Å².